The van der Waals surface area contributed by atoms with Crippen LogP contribution in [0.1, 0.15) is 32.1 Å². The van der Waals surface area contributed by atoms with Gasteiger partial charge in [0.2, 0.25) is 0 Å². The van der Waals surface area contributed by atoms with Gasteiger partial charge in [-0.3, -0.25) is 0 Å². The Hall–Kier alpha value is -0.550. The molecule has 0 spiro atoms. The van der Waals surface area contributed by atoms with E-state index in [4.69, 9.17) is 10.4 Å². The Morgan fingerprint density at radius 3 is 2.45 bits per heavy atom. The van der Waals surface area contributed by atoms with Crippen LogP contribution in [0.15, 0.2) is 0 Å². The molecule has 0 radical (unpaired) electrons. The lowest BCUT2D eigenvalue weighted by atomic mass is 9.81. The van der Waals surface area contributed by atoms with Gasteiger partial charge in [0.25, 0.3) is 0 Å². The highest BCUT2D eigenvalue weighted by atomic mass is 16.3. The zero-order chi connectivity index (χ0) is 8.10. The van der Waals surface area contributed by atoms with Gasteiger partial charge in [-0.1, -0.05) is 19.3 Å². The molecular formula is C9H15NO. The highest BCUT2D eigenvalue weighted by molar-refractivity contribution is 4.88. The molecule has 0 aromatic heterocycles. The van der Waals surface area contributed by atoms with Crippen LogP contribution in [0, 0.1) is 23.2 Å². The molecule has 11 heavy (non-hydrogen) atoms. The summed E-state index contributed by atoms with van der Waals surface area (Å²) in [5.41, 5.74) is 0. The average molecular weight is 153 g/mol. The average Bonchev–Trinajstić information content (AvgIpc) is 2.09. The fourth-order valence-electron chi connectivity index (χ4n) is 1.83. The quantitative estimate of drug-likeness (QED) is 0.656. The molecule has 1 aliphatic rings. The summed E-state index contributed by atoms with van der Waals surface area (Å²) in [6.45, 7) is 0.0428. The van der Waals surface area contributed by atoms with Crippen LogP contribution in [0.2, 0.25) is 0 Å². The van der Waals surface area contributed by atoms with Crippen molar-refractivity contribution in [3.63, 3.8) is 0 Å². The predicted octanol–water partition coefficient (Wildman–Crippen LogP) is 1.70. The Balaban J connectivity index is 2.38. The molecule has 1 rings (SSSR count). The normalized spacial score (nSPS) is 22.5. The molecule has 0 aliphatic heterocycles. The molecule has 0 amide bonds. The summed E-state index contributed by atoms with van der Waals surface area (Å²) < 4.78 is 0. The fraction of sp³-hybridized carbons (Fsp3) is 0.889. The molecule has 0 bridgehead atoms. The van der Waals surface area contributed by atoms with Gasteiger partial charge in [-0.15, -0.1) is 0 Å². The van der Waals surface area contributed by atoms with Crippen molar-refractivity contribution in [3.05, 3.63) is 0 Å². The number of rotatable bonds is 2. The zero-order valence-electron chi connectivity index (χ0n) is 6.79. The van der Waals surface area contributed by atoms with E-state index in [1.54, 1.807) is 0 Å². The first-order valence-corrected chi connectivity index (χ1v) is 4.39. The molecule has 1 saturated carbocycles. The van der Waals surface area contributed by atoms with Crippen LogP contribution in [0.25, 0.3) is 0 Å². The number of aliphatic hydroxyl groups is 1. The maximum Gasteiger partial charge on any atom is 0.0722 e. The first-order valence-electron chi connectivity index (χ1n) is 4.39. The predicted molar refractivity (Wildman–Crippen MR) is 42.8 cm³/mol. The summed E-state index contributed by atoms with van der Waals surface area (Å²) in [5, 5.41) is 17.5. The van der Waals surface area contributed by atoms with E-state index < -0.39 is 0 Å². The Morgan fingerprint density at radius 1 is 1.36 bits per heavy atom. The van der Waals surface area contributed by atoms with Crippen molar-refractivity contribution in [1.82, 2.24) is 0 Å². The summed E-state index contributed by atoms with van der Waals surface area (Å²) >= 11 is 0. The Bertz CT molecular complexity index is 144. The van der Waals surface area contributed by atoms with E-state index in [-0.39, 0.29) is 12.5 Å². The third-order valence-corrected chi connectivity index (χ3v) is 2.58. The molecule has 0 heterocycles. The van der Waals surface area contributed by atoms with Gasteiger partial charge in [0.15, 0.2) is 0 Å². The second-order valence-electron chi connectivity index (χ2n) is 3.32. The standard InChI is InChI=1S/C9H15NO/c10-6-9(7-11)8-4-2-1-3-5-8/h8-9,11H,1-5,7H2/t9-/m0/s1. The van der Waals surface area contributed by atoms with E-state index in [0.29, 0.717) is 5.92 Å². The van der Waals surface area contributed by atoms with Gasteiger partial charge in [-0.25, -0.2) is 0 Å². The Labute approximate surface area is 67.8 Å². The first-order chi connectivity index (χ1) is 5.38. The van der Waals surface area contributed by atoms with E-state index >= 15 is 0 Å². The molecule has 0 aromatic rings. The minimum absolute atomic E-state index is 0.0428. The monoisotopic (exact) mass is 153 g/mol. The molecule has 1 fully saturated rings. The summed E-state index contributed by atoms with van der Waals surface area (Å²) in [4.78, 5) is 0. The van der Waals surface area contributed by atoms with Crippen LogP contribution in [-0.4, -0.2) is 11.7 Å². The van der Waals surface area contributed by atoms with Crippen molar-refractivity contribution in [3.8, 4) is 6.07 Å². The van der Waals surface area contributed by atoms with Gasteiger partial charge in [-0.05, 0) is 18.8 Å². The topological polar surface area (TPSA) is 44.0 Å². The van der Waals surface area contributed by atoms with Crippen LogP contribution in [0.5, 0.6) is 0 Å². The molecular weight excluding hydrogens is 138 g/mol. The van der Waals surface area contributed by atoms with Crippen LogP contribution in [-0.2, 0) is 0 Å². The zero-order valence-corrected chi connectivity index (χ0v) is 6.79. The van der Waals surface area contributed by atoms with E-state index in [9.17, 15) is 0 Å². The molecule has 1 aliphatic carbocycles. The second kappa shape index (κ2) is 4.35. The maximum atomic E-state index is 8.86. The number of hydrogen-bond acceptors (Lipinski definition) is 2. The van der Waals surface area contributed by atoms with E-state index in [1.165, 1.54) is 19.3 Å². The van der Waals surface area contributed by atoms with E-state index in [2.05, 4.69) is 6.07 Å². The van der Waals surface area contributed by atoms with Crippen molar-refractivity contribution in [2.45, 2.75) is 32.1 Å². The van der Waals surface area contributed by atoms with Crippen molar-refractivity contribution in [2.75, 3.05) is 6.61 Å². The SMILES string of the molecule is N#C[C@@H](CO)C1CCCCC1. The van der Waals surface area contributed by atoms with Crippen molar-refractivity contribution < 1.29 is 5.11 Å². The molecule has 62 valence electrons. The summed E-state index contributed by atoms with van der Waals surface area (Å²) in [6, 6.07) is 2.17. The van der Waals surface area contributed by atoms with Crippen LogP contribution in [0.4, 0.5) is 0 Å². The lowest BCUT2D eigenvalue weighted by Gasteiger charge is -2.24. The van der Waals surface area contributed by atoms with Gasteiger partial charge >= 0.3 is 0 Å². The fourth-order valence-corrected chi connectivity index (χ4v) is 1.83. The highest BCUT2D eigenvalue weighted by Gasteiger charge is 2.22. The Morgan fingerprint density at radius 2 is 2.00 bits per heavy atom. The van der Waals surface area contributed by atoms with Gasteiger partial charge in [-0.2, -0.15) is 5.26 Å². The number of nitrogens with zero attached hydrogens (tertiary/aromatic N) is 1. The molecule has 0 aromatic carbocycles. The lowest BCUT2D eigenvalue weighted by Crippen LogP contribution is -2.19. The minimum atomic E-state index is -0.102. The number of nitriles is 1. The van der Waals surface area contributed by atoms with E-state index in [0.717, 1.165) is 12.8 Å². The van der Waals surface area contributed by atoms with Gasteiger partial charge < -0.3 is 5.11 Å². The van der Waals surface area contributed by atoms with Crippen molar-refractivity contribution >= 4 is 0 Å². The minimum Gasteiger partial charge on any atom is -0.395 e. The van der Waals surface area contributed by atoms with Crippen molar-refractivity contribution in [1.29, 1.82) is 5.26 Å². The van der Waals surface area contributed by atoms with Gasteiger partial charge in [0.1, 0.15) is 0 Å². The molecule has 2 heteroatoms. The largest absolute Gasteiger partial charge is 0.395 e. The molecule has 1 N–H and O–H groups in total. The Kier molecular flexibility index (Phi) is 3.38. The molecule has 0 saturated heterocycles. The first kappa shape index (κ1) is 8.55. The van der Waals surface area contributed by atoms with Crippen LogP contribution in [0.3, 0.4) is 0 Å². The molecule has 2 nitrogen and oxygen atoms in total. The number of hydrogen-bond donors (Lipinski definition) is 1. The van der Waals surface area contributed by atoms with E-state index in [1.807, 2.05) is 0 Å². The van der Waals surface area contributed by atoms with Crippen molar-refractivity contribution in [2.24, 2.45) is 11.8 Å². The van der Waals surface area contributed by atoms with Gasteiger partial charge in [0.05, 0.1) is 18.6 Å². The number of aliphatic hydroxyl groups excluding tert-OH is 1. The molecule has 1 atom stereocenters. The highest BCUT2D eigenvalue weighted by Crippen LogP contribution is 2.29. The van der Waals surface area contributed by atoms with Crippen LogP contribution >= 0.6 is 0 Å². The third kappa shape index (κ3) is 2.20. The van der Waals surface area contributed by atoms with Crippen LogP contribution < -0.4 is 0 Å². The third-order valence-electron chi connectivity index (χ3n) is 2.58. The maximum absolute atomic E-state index is 8.86. The summed E-state index contributed by atoms with van der Waals surface area (Å²) in [5.74, 6) is 0.369. The lowest BCUT2D eigenvalue weighted by molar-refractivity contribution is 0.184. The van der Waals surface area contributed by atoms with Gasteiger partial charge in [0, 0.05) is 0 Å². The second-order valence-corrected chi connectivity index (χ2v) is 3.32. The summed E-state index contributed by atoms with van der Waals surface area (Å²) in [7, 11) is 0. The molecule has 0 unspecified atom stereocenters. The summed E-state index contributed by atoms with van der Waals surface area (Å²) in [6.07, 6.45) is 6.06. The smallest absolute Gasteiger partial charge is 0.0722 e.